The lowest BCUT2D eigenvalue weighted by Gasteiger charge is -2.29. The first-order valence-electron chi connectivity index (χ1n) is 6.17. The Hall–Kier alpha value is -1.63. The van der Waals surface area contributed by atoms with E-state index >= 15 is 0 Å². The molecule has 2 aromatic heterocycles. The smallest absolute Gasteiger partial charge is 0.362 e. The maximum Gasteiger partial charge on any atom is 0.372 e. The second-order valence-electron chi connectivity index (χ2n) is 5.59. The molecule has 1 N–H and O–H groups in total. The zero-order valence-electron chi connectivity index (χ0n) is 11.5. The molecule has 0 aliphatic rings. The lowest BCUT2D eigenvalue weighted by molar-refractivity contribution is -0.389. The molecule has 2 rings (SSSR count). The molecule has 19 heavy (non-hydrogen) atoms. The standard InChI is InChI=1S/C12H18N4O2S/c1-8(2)12(3,4)7-13-9-10(16(17)18)15-5-6-19-11(15)14-9/h5-6,8,13H,7H2,1-4H3. The Morgan fingerprint density at radius 1 is 1.58 bits per heavy atom. The van der Waals surface area contributed by atoms with E-state index in [1.54, 1.807) is 11.6 Å². The molecule has 0 fully saturated rings. The highest BCUT2D eigenvalue weighted by molar-refractivity contribution is 7.15. The predicted molar refractivity (Wildman–Crippen MR) is 76.8 cm³/mol. The van der Waals surface area contributed by atoms with Crippen molar-refractivity contribution >= 4 is 27.9 Å². The maximum atomic E-state index is 11.2. The van der Waals surface area contributed by atoms with Crippen LogP contribution < -0.4 is 5.32 Å². The highest BCUT2D eigenvalue weighted by atomic mass is 32.1. The monoisotopic (exact) mass is 282 g/mol. The number of nitrogens with one attached hydrogen (secondary N) is 1. The second kappa shape index (κ2) is 4.80. The van der Waals surface area contributed by atoms with Gasteiger partial charge in [-0.2, -0.15) is 9.38 Å². The Labute approximate surface area is 115 Å². The molecule has 6 nitrogen and oxygen atoms in total. The highest BCUT2D eigenvalue weighted by Gasteiger charge is 2.27. The van der Waals surface area contributed by atoms with Crippen molar-refractivity contribution in [1.29, 1.82) is 0 Å². The molecule has 0 atom stereocenters. The number of nitrogens with zero attached hydrogens (tertiary/aromatic N) is 3. The Bertz CT molecular complexity index is 600. The summed E-state index contributed by atoms with van der Waals surface area (Å²) in [6.45, 7) is 9.20. The quantitative estimate of drug-likeness (QED) is 0.674. The molecule has 104 valence electrons. The van der Waals surface area contributed by atoms with Crippen molar-refractivity contribution in [1.82, 2.24) is 9.38 Å². The van der Waals surface area contributed by atoms with Gasteiger partial charge in [0.1, 0.15) is 6.20 Å². The summed E-state index contributed by atoms with van der Waals surface area (Å²) < 4.78 is 1.51. The molecular formula is C12H18N4O2S. The number of fused-ring (bicyclic) bond motifs is 1. The first kappa shape index (κ1) is 13.8. The van der Waals surface area contributed by atoms with Gasteiger partial charge in [0.15, 0.2) is 0 Å². The van der Waals surface area contributed by atoms with Crippen molar-refractivity contribution in [2.45, 2.75) is 27.7 Å². The molecule has 0 aromatic carbocycles. The van der Waals surface area contributed by atoms with Crippen LogP contribution >= 0.6 is 11.3 Å². The molecule has 0 saturated heterocycles. The Morgan fingerprint density at radius 3 is 2.84 bits per heavy atom. The molecule has 0 amide bonds. The topological polar surface area (TPSA) is 72.5 Å². The van der Waals surface area contributed by atoms with Gasteiger partial charge in [0, 0.05) is 11.9 Å². The van der Waals surface area contributed by atoms with E-state index in [1.807, 2.05) is 0 Å². The summed E-state index contributed by atoms with van der Waals surface area (Å²) in [6, 6.07) is 0. The minimum Gasteiger partial charge on any atom is -0.362 e. The van der Waals surface area contributed by atoms with E-state index in [2.05, 4.69) is 38.0 Å². The third-order valence-corrected chi connectivity index (χ3v) is 4.44. The fourth-order valence-electron chi connectivity index (χ4n) is 1.58. The number of hydrogen-bond acceptors (Lipinski definition) is 5. The number of anilines is 1. The van der Waals surface area contributed by atoms with E-state index < -0.39 is 4.92 Å². The molecule has 2 aromatic rings. The van der Waals surface area contributed by atoms with Crippen molar-refractivity contribution in [2.24, 2.45) is 11.3 Å². The fraction of sp³-hybridized carbons (Fsp3) is 0.583. The molecule has 7 heteroatoms. The van der Waals surface area contributed by atoms with Crippen LogP contribution in [0.5, 0.6) is 0 Å². The molecule has 0 bridgehead atoms. The Morgan fingerprint density at radius 2 is 2.26 bits per heavy atom. The number of hydrogen-bond donors (Lipinski definition) is 1. The third kappa shape index (κ3) is 2.56. The average molecular weight is 282 g/mol. The van der Waals surface area contributed by atoms with Crippen LogP contribution in [-0.2, 0) is 0 Å². The summed E-state index contributed by atoms with van der Waals surface area (Å²) in [4.78, 5) is 15.7. The molecule has 0 aliphatic carbocycles. The van der Waals surface area contributed by atoms with Crippen LogP contribution in [0.4, 0.5) is 11.6 Å². The van der Waals surface area contributed by atoms with Crippen LogP contribution in [0.2, 0.25) is 0 Å². The Kier molecular flexibility index (Phi) is 3.49. The van der Waals surface area contributed by atoms with Crippen molar-refractivity contribution < 1.29 is 4.92 Å². The lowest BCUT2D eigenvalue weighted by atomic mass is 9.81. The van der Waals surface area contributed by atoms with E-state index in [9.17, 15) is 10.1 Å². The number of rotatable bonds is 5. The van der Waals surface area contributed by atoms with Gasteiger partial charge in [-0.3, -0.25) is 0 Å². The van der Waals surface area contributed by atoms with Gasteiger partial charge in [-0.15, -0.1) is 0 Å². The van der Waals surface area contributed by atoms with Crippen LogP contribution in [0, 0.1) is 21.4 Å². The summed E-state index contributed by atoms with van der Waals surface area (Å²) in [5.41, 5.74) is 0.0465. The first-order chi connectivity index (χ1) is 8.83. The predicted octanol–water partition coefficient (Wildman–Crippen LogP) is 3.40. The zero-order valence-corrected chi connectivity index (χ0v) is 12.3. The molecule has 2 heterocycles. The molecule has 0 radical (unpaired) electrons. The van der Waals surface area contributed by atoms with Gasteiger partial charge >= 0.3 is 5.82 Å². The van der Waals surface area contributed by atoms with E-state index in [1.165, 1.54) is 15.7 Å². The second-order valence-corrected chi connectivity index (χ2v) is 6.47. The minimum atomic E-state index is -0.391. The van der Waals surface area contributed by atoms with Crippen molar-refractivity contribution in [3.05, 3.63) is 21.7 Å². The van der Waals surface area contributed by atoms with E-state index in [0.717, 1.165) is 0 Å². The molecule has 0 saturated carbocycles. The summed E-state index contributed by atoms with van der Waals surface area (Å²) >= 11 is 1.39. The molecular weight excluding hydrogens is 264 g/mol. The maximum absolute atomic E-state index is 11.2. The lowest BCUT2D eigenvalue weighted by Crippen LogP contribution is -2.28. The normalized spacial score (nSPS) is 12.3. The fourth-order valence-corrected chi connectivity index (χ4v) is 2.29. The number of nitro groups is 1. The van der Waals surface area contributed by atoms with Gasteiger partial charge in [0.05, 0.1) is 0 Å². The molecule has 0 unspecified atom stereocenters. The van der Waals surface area contributed by atoms with Gasteiger partial charge in [0.2, 0.25) is 5.82 Å². The van der Waals surface area contributed by atoms with Gasteiger partial charge in [-0.05, 0) is 16.3 Å². The minimum absolute atomic E-state index is 0.0100. The largest absolute Gasteiger partial charge is 0.372 e. The summed E-state index contributed by atoms with van der Waals surface area (Å²) in [5, 5.41) is 16.1. The SMILES string of the molecule is CC(C)C(C)(C)CNc1nc2sccn2c1[N+](=O)[O-]. The van der Waals surface area contributed by atoms with Gasteiger partial charge in [-0.25, -0.2) is 0 Å². The van der Waals surface area contributed by atoms with Gasteiger partial charge in [0.25, 0.3) is 4.96 Å². The van der Waals surface area contributed by atoms with Crippen LogP contribution in [0.15, 0.2) is 11.6 Å². The molecule has 0 spiro atoms. The van der Waals surface area contributed by atoms with Gasteiger partial charge in [-0.1, -0.05) is 39.0 Å². The summed E-state index contributed by atoms with van der Waals surface area (Å²) in [6.07, 6.45) is 1.67. The Balaban J connectivity index is 2.28. The zero-order chi connectivity index (χ0) is 14.2. The molecule has 0 aliphatic heterocycles. The van der Waals surface area contributed by atoms with Crippen LogP contribution in [0.3, 0.4) is 0 Å². The van der Waals surface area contributed by atoms with E-state index in [-0.39, 0.29) is 11.2 Å². The van der Waals surface area contributed by atoms with Crippen LogP contribution in [-0.4, -0.2) is 20.9 Å². The van der Waals surface area contributed by atoms with Gasteiger partial charge < -0.3 is 15.4 Å². The van der Waals surface area contributed by atoms with Crippen LogP contribution in [0.1, 0.15) is 27.7 Å². The number of aromatic nitrogens is 2. The first-order valence-corrected chi connectivity index (χ1v) is 7.04. The summed E-state index contributed by atoms with van der Waals surface area (Å²) in [7, 11) is 0. The number of thiazole rings is 1. The van der Waals surface area contributed by atoms with E-state index in [4.69, 9.17) is 0 Å². The van der Waals surface area contributed by atoms with Crippen LogP contribution in [0.25, 0.3) is 4.96 Å². The van der Waals surface area contributed by atoms with Crippen molar-refractivity contribution in [3.63, 3.8) is 0 Å². The van der Waals surface area contributed by atoms with Crippen molar-refractivity contribution in [3.8, 4) is 0 Å². The van der Waals surface area contributed by atoms with Crippen molar-refractivity contribution in [2.75, 3.05) is 11.9 Å². The van der Waals surface area contributed by atoms with E-state index in [0.29, 0.717) is 23.2 Å². The average Bonchev–Trinajstić information content (AvgIpc) is 2.84. The third-order valence-electron chi connectivity index (χ3n) is 3.68. The highest BCUT2D eigenvalue weighted by Crippen LogP contribution is 2.31. The summed E-state index contributed by atoms with van der Waals surface area (Å²) in [5.74, 6) is 0.837. The number of imidazole rings is 1.